The first-order chi connectivity index (χ1) is 13.1. The van der Waals surface area contributed by atoms with Gasteiger partial charge in [-0.05, 0) is 48.9 Å². The van der Waals surface area contributed by atoms with Crippen LogP contribution in [0.3, 0.4) is 0 Å². The SMILES string of the molecule is C=CCOc1ccc(C(=O)N/N=C\c2cc3ccc(C)cc3nc2Cl)cc1. The molecule has 1 heterocycles. The maximum absolute atomic E-state index is 12.2. The van der Waals surface area contributed by atoms with Crippen molar-refractivity contribution in [2.75, 3.05) is 6.61 Å². The van der Waals surface area contributed by atoms with Crippen LogP contribution in [0.1, 0.15) is 21.5 Å². The molecule has 0 atom stereocenters. The lowest BCUT2D eigenvalue weighted by atomic mass is 10.1. The summed E-state index contributed by atoms with van der Waals surface area (Å²) in [6, 6.07) is 14.6. The molecule has 1 N–H and O–H groups in total. The quantitative estimate of drug-likeness (QED) is 0.296. The number of aromatic nitrogens is 1. The second-order valence-corrected chi connectivity index (χ2v) is 6.25. The van der Waals surface area contributed by atoms with Crippen molar-refractivity contribution in [2.24, 2.45) is 5.10 Å². The molecular weight excluding hydrogens is 362 g/mol. The number of hydrazone groups is 1. The molecule has 0 spiro atoms. The molecule has 0 aliphatic carbocycles. The van der Waals surface area contributed by atoms with Gasteiger partial charge in [0, 0.05) is 16.5 Å². The minimum Gasteiger partial charge on any atom is -0.490 e. The van der Waals surface area contributed by atoms with Gasteiger partial charge in [0.05, 0.1) is 11.7 Å². The van der Waals surface area contributed by atoms with E-state index in [-0.39, 0.29) is 5.91 Å². The van der Waals surface area contributed by atoms with Crippen molar-refractivity contribution in [1.29, 1.82) is 0 Å². The Morgan fingerprint density at radius 2 is 2.04 bits per heavy atom. The van der Waals surface area contributed by atoms with Crippen LogP contribution in [0.4, 0.5) is 0 Å². The number of carbonyl (C=O) groups is 1. The number of carbonyl (C=O) groups excluding carboxylic acids is 1. The van der Waals surface area contributed by atoms with Crippen LogP contribution in [-0.4, -0.2) is 23.7 Å². The number of rotatable bonds is 6. The Morgan fingerprint density at radius 1 is 1.26 bits per heavy atom. The molecule has 6 heteroatoms. The molecule has 0 aliphatic rings. The lowest BCUT2D eigenvalue weighted by Gasteiger charge is -2.05. The fourth-order valence-electron chi connectivity index (χ4n) is 2.44. The van der Waals surface area contributed by atoms with Crippen LogP contribution in [0.5, 0.6) is 5.75 Å². The van der Waals surface area contributed by atoms with E-state index in [9.17, 15) is 4.79 Å². The minimum absolute atomic E-state index is 0.329. The second kappa shape index (κ2) is 8.47. The number of hydrogen-bond donors (Lipinski definition) is 1. The van der Waals surface area contributed by atoms with Crippen molar-refractivity contribution in [3.05, 3.63) is 83.0 Å². The number of ether oxygens (including phenoxy) is 1. The van der Waals surface area contributed by atoms with E-state index in [1.54, 1.807) is 30.3 Å². The Bertz CT molecular complexity index is 1010. The van der Waals surface area contributed by atoms with Crippen LogP contribution < -0.4 is 10.2 Å². The van der Waals surface area contributed by atoms with Crippen molar-refractivity contribution >= 4 is 34.6 Å². The number of pyridine rings is 1. The third-order valence-corrected chi connectivity index (χ3v) is 4.11. The molecule has 0 unspecified atom stereocenters. The normalized spacial score (nSPS) is 10.9. The number of halogens is 1. The molecule has 5 nitrogen and oxygen atoms in total. The topological polar surface area (TPSA) is 63.6 Å². The number of nitrogens with one attached hydrogen (secondary N) is 1. The van der Waals surface area contributed by atoms with Gasteiger partial charge in [0.1, 0.15) is 17.5 Å². The first kappa shape index (κ1) is 18.6. The highest BCUT2D eigenvalue weighted by Crippen LogP contribution is 2.20. The summed E-state index contributed by atoms with van der Waals surface area (Å²) in [5.74, 6) is 0.334. The summed E-state index contributed by atoms with van der Waals surface area (Å²) in [4.78, 5) is 16.5. The van der Waals surface area contributed by atoms with Gasteiger partial charge in [-0.25, -0.2) is 10.4 Å². The first-order valence-electron chi connectivity index (χ1n) is 8.31. The summed E-state index contributed by atoms with van der Waals surface area (Å²) in [5.41, 5.74) is 5.51. The summed E-state index contributed by atoms with van der Waals surface area (Å²) < 4.78 is 5.38. The van der Waals surface area contributed by atoms with Crippen LogP contribution in [-0.2, 0) is 0 Å². The Morgan fingerprint density at radius 3 is 2.78 bits per heavy atom. The molecule has 0 radical (unpaired) electrons. The van der Waals surface area contributed by atoms with Crippen LogP contribution in [0.2, 0.25) is 5.15 Å². The van der Waals surface area contributed by atoms with E-state index in [4.69, 9.17) is 16.3 Å². The van der Waals surface area contributed by atoms with Crippen molar-refractivity contribution in [1.82, 2.24) is 10.4 Å². The largest absolute Gasteiger partial charge is 0.490 e. The molecule has 0 bridgehead atoms. The van der Waals surface area contributed by atoms with Crippen LogP contribution in [0.15, 0.2) is 66.3 Å². The average Bonchev–Trinajstić information content (AvgIpc) is 2.67. The number of nitrogens with zero attached hydrogens (tertiary/aromatic N) is 2. The second-order valence-electron chi connectivity index (χ2n) is 5.89. The molecule has 0 fully saturated rings. The Hall–Kier alpha value is -3.18. The maximum Gasteiger partial charge on any atom is 0.271 e. The van der Waals surface area contributed by atoms with Gasteiger partial charge in [-0.15, -0.1) is 0 Å². The van der Waals surface area contributed by atoms with Crippen LogP contribution in [0.25, 0.3) is 10.9 Å². The Kier molecular flexibility index (Phi) is 5.84. The monoisotopic (exact) mass is 379 g/mol. The highest BCUT2D eigenvalue weighted by molar-refractivity contribution is 6.32. The molecule has 136 valence electrons. The molecule has 3 rings (SSSR count). The molecule has 1 aromatic heterocycles. The fourth-order valence-corrected chi connectivity index (χ4v) is 2.64. The van der Waals surface area contributed by atoms with Crippen LogP contribution in [0, 0.1) is 6.92 Å². The van der Waals surface area contributed by atoms with Gasteiger partial charge in [0.25, 0.3) is 5.91 Å². The predicted molar refractivity (Wildman–Crippen MR) is 109 cm³/mol. The molecule has 0 saturated heterocycles. The summed E-state index contributed by atoms with van der Waals surface area (Å²) >= 11 is 6.21. The fraction of sp³-hybridized carbons (Fsp3) is 0.0952. The van der Waals surface area contributed by atoms with Gasteiger partial charge < -0.3 is 4.74 Å². The van der Waals surface area contributed by atoms with E-state index in [1.807, 2.05) is 31.2 Å². The van der Waals surface area contributed by atoms with E-state index in [0.717, 1.165) is 16.5 Å². The van der Waals surface area contributed by atoms with Crippen molar-refractivity contribution in [2.45, 2.75) is 6.92 Å². The third-order valence-electron chi connectivity index (χ3n) is 3.81. The molecule has 1 amide bonds. The van der Waals surface area contributed by atoms with Gasteiger partial charge in [-0.1, -0.05) is 36.4 Å². The summed E-state index contributed by atoms with van der Waals surface area (Å²) in [6.07, 6.45) is 3.14. The number of fused-ring (bicyclic) bond motifs is 1. The summed E-state index contributed by atoms with van der Waals surface area (Å²) in [5, 5.41) is 5.26. The number of aryl methyl sites for hydroxylation is 1. The number of benzene rings is 2. The van der Waals surface area contributed by atoms with Gasteiger partial charge in [-0.2, -0.15) is 5.10 Å². The molecule has 2 aromatic carbocycles. The van der Waals surface area contributed by atoms with E-state index < -0.39 is 0 Å². The van der Waals surface area contributed by atoms with Gasteiger partial charge in [0.2, 0.25) is 0 Å². The zero-order chi connectivity index (χ0) is 19.2. The zero-order valence-electron chi connectivity index (χ0n) is 14.8. The first-order valence-corrected chi connectivity index (χ1v) is 8.68. The smallest absolute Gasteiger partial charge is 0.271 e. The Labute approximate surface area is 162 Å². The maximum atomic E-state index is 12.2. The number of amides is 1. The standard InChI is InChI=1S/C21H18ClN3O2/c1-3-10-27-18-8-6-15(7-9-18)21(26)25-23-13-17-12-16-5-4-14(2)11-19(16)24-20(17)22/h3-9,11-13H,1,10H2,2H3,(H,25,26)/b23-13-. The molecule has 0 aliphatic heterocycles. The summed E-state index contributed by atoms with van der Waals surface area (Å²) in [6.45, 7) is 6.00. The van der Waals surface area contributed by atoms with E-state index in [0.29, 0.717) is 28.6 Å². The highest BCUT2D eigenvalue weighted by atomic mass is 35.5. The predicted octanol–water partition coefficient (Wildman–Crippen LogP) is 4.53. The van der Waals surface area contributed by atoms with E-state index in [2.05, 4.69) is 22.1 Å². The van der Waals surface area contributed by atoms with Crippen LogP contribution >= 0.6 is 11.6 Å². The molecule has 0 saturated carbocycles. The van der Waals surface area contributed by atoms with Gasteiger partial charge >= 0.3 is 0 Å². The minimum atomic E-state index is -0.331. The van der Waals surface area contributed by atoms with Crippen molar-refractivity contribution in [3.8, 4) is 5.75 Å². The third kappa shape index (κ3) is 4.71. The van der Waals surface area contributed by atoms with E-state index in [1.165, 1.54) is 6.21 Å². The summed E-state index contributed by atoms with van der Waals surface area (Å²) in [7, 11) is 0. The van der Waals surface area contributed by atoms with E-state index >= 15 is 0 Å². The zero-order valence-corrected chi connectivity index (χ0v) is 15.5. The van der Waals surface area contributed by atoms with Gasteiger partial charge in [0.15, 0.2) is 0 Å². The molecule has 3 aromatic rings. The average molecular weight is 380 g/mol. The molecule has 27 heavy (non-hydrogen) atoms. The Balaban J connectivity index is 1.68. The highest BCUT2D eigenvalue weighted by Gasteiger charge is 2.06. The number of hydrogen-bond acceptors (Lipinski definition) is 4. The lowest BCUT2D eigenvalue weighted by Crippen LogP contribution is -2.17. The van der Waals surface area contributed by atoms with Gasteiger partial charge in [-0.3, -0.25) is 4.79 Å². The lowest BCUT2D eigenvalue weighted by molar-refractivity contribution is 0.0955. The van der Waals surface area contributed by atoms with Crippen molar-refractivity contribution in [3.63, 3.8) is 0 Å². The molecular formula is C21H18ClN3O2. The van der Waals surface area contributed by atoms with Crippen molar-refractivity contribution < 1.29 is 9.53 Å².